The summed E-state index contributed by atoms with van der Waals surface area (Å²) in [7, 11) is -7.07. The van der Waals surface area contributed by atoms with Crippen molar-refractivity contribution in [2.45, 2.75) is 11.8 Å². The molecule has 0 unspecified atom stereocenters. The number of aromatic nitrogens is 1. The number of nitrogens with one attached hydrogen (secondary N) is 1. The third-order valence-corrected chi connectivity index (χ3v) is 5.74. The molecule has 0 amide bonds. The zero-order chi connectivity index (χ0) is 14.7. The molecule has 0 aromatic carbocycles. The van der Waals surface area contributed by atoms with Crippen molar-refractivity contribution in [2.24, 2.45) is 0 Å². The zero-order valence-electron chi connectivity index (χ0n) is 10.1. The first-order valence-electron chi connectivity index (χ1n) is 5.29. The minimum Gasteiger partial charge on any atom is -0.382 e. The summed E-state index contributed by atoms with van der Waals surface area (Å²) < 4.78 is 48.3. The molecule has 7 nitrogen and oxygen atoms in total. The van der Waals surface area contributed by atoms with Gasteiger partial charge in [-0.25, -0.2) is 26.5 Å². The Kier molecular flexibility index (Phi) is 5.13. The van der Waals surface area contributed by atoms with Crippen LogP contribution < -0.4 is 10.5 Å². The maximum Gasteiger partial charge on any atom is 0.242 e. The number of pyridine rings is 1. The Morgan fingerprint density at radius 3 is 2.53 bits per heavy atom. The minimum absolute atomic E-state index is 0.0176. The van der Waals surface area contributed by atoms with Crippen molar-refractivity contribution in [1.82, 2.24) is 9.71 Å². The molecule has 1 rings (SSSR count). The predicted octanol–water partition coefficient (Wildman–Crippen LogP) is 0.0302. The Morgan fingerprint density at radius 1 is 1.37 bits per heavy atom. The van der Waals surface area contributed by atoms with Gasteiger partial charge in [0.05, 0.1) is 10.8 Å². The second-order valence-electron chi connectivity index (χ2n) is 3.67. The molecule has 0 spiro atoms. The summed E-state index contributed by atoms with van der Waals surface area (Å²) >= 11 is 5.67. The van der Waals surface area contributed by atoms with Crippen LogP contribution in [0.15, 0.2) is 17.2 Å². The Balaban J connectivity index is 2.79. The number of nitrogen functional groups attached to an aromatic ring is 1. The summed E-state index contributed by atoms with van der Waals surface area (Å²) in [5.41, 5.74) is 5.37. The van der Waals surface area contributed by atoms with Gasteiger partial charge in [-0.15, -0.1) is 0 Å². The first kappa shape index (κ1) is 16.2. The number of halogens is 1. The molecule has 0 fully saturated rings. The van der Waals surface area contributed by atoms with Gasteiger partial charge in [-0.05, 0) is 6.07 Å². The molecule has 3 N–H and O–H groups in total. The monoisotopic (exact) mass is 327 g/mol. The Morgan fingerprint density at radius 2 is 2.00 bits per heavy atom. The van der Waals surface area contributed by atoms with E-state index < -0.39 is 19.9 Å². The number of nitrogens with two attached hydrogens (primary N) is 1. The van der Waals surface area contributed by atoms with Crippen LogP contribution in [0.3, 0.4) is 0 Å². The van der Waals surface area contributed by atoms with E-state index in [1.807, 2.05) is 0 Å². The SMILES string of the molecule is CCS(=O)(=O)CCNS(=O)(=O)c1cnc(N)c(Cl)c1. The smallest absolute Gasteiger partial charge is 0.242 e. The highest BCUT2D eigenvalue weighted by molar-refractivity contribution is 7.91. The largest absolute Gasteiger partial charge is 0.382 e. The lowest BCUT2D eigenvalue weighted by Gasteiger charge is -2.07. The molecule has 0 bridgehead atoms. The predicted molar refractivity (Wildman–Crippen MR) is 73.2 cm³/mol. The van der Waals surface area contributed by atoms with Gasteiger partial charge >= 0.3 is 0 Å². The van der Waals surface area contributed by atoms with Crippen molar-refractivity contribution in [2.75, 3.05) is 23.8 Å². The van der Waals surface area contributed by atoms with Crippen LogP contribution in [0.25, 0.3) is 0 Å². The van der Waals surface area contributed by atoms with Gasteiger partial charge in [0.2, 0.25) is 10.0 Å². The van der Waals surface area contributed by atoms with Gasteiger partial charge in [0.25, 0.3) is 0 Å². The van der Waals surface area contributed by atoms with Crippen molar-refractivity contribution in [3.05, 3.63) is 17.3 Å². The molecular weight excluding hydrogens is 314 g/mol. The third-order valence-electron chi connectivity index (χ3n) is 2.30. The van der Waals surface area contributed by atoms with Crippen LogP contribution in [0.2, 0.25) is 5.02 Å². The van der Waals surface area contributed by atoms with E-state index in [2.05, 4.69) is 9.71 Å². The van der Waals surface area contributed by atoms with Crippen LogP contribution in [0.4, 0.5) is 5.82 Å². The quantitative estimate of drug-likeness (QED) is 0.760. The maximum absolute atomic E-state index is 11.8. The van der Waals surface area contributed by atoms with E-state index in [0.29, 0.717) is 0 Å². The summed E-state index contributed by atoms with van der Waals surface area (Å²) in [5, 5.41) is 0.0176. The molecule has 0 saturated heterocycles. The Hall–Kier alpha value is -0.900. The van der Waals surface area contributed by atoms with Crippen molar-refractivity contribution < 1.29 is 16.8 Å². The van der Waals surface area contributed by atoms with Crippen LogP contribution in [0.1, 0.15) is 6.92 Å². The van der Waals surface area contributed by atoms with Crippen molar-refractivity contribution in [1.29, 1.82) is 0 Å². The molecule has 108 valence electrons. The lowest BCUT2D eigenvalue weighted by atomic mass is 10.5. The van der Waals surface area contributed by atoms with Gasteiger partial charge in [0.1, 0.15) is 10.7 Å². The highest BCUT2D eigenvalue weighted by atomic mass is 35.5. The topological polar surface area (TPSA) is 119 Å². The van der Waals surface area contributed by atoms with E-state index >= 15 is 0 Å². The Bertz CT molecular complexity index is 658. The van der Waals surface area contributed by atoms with Crippen molar-refractivity contribution in [3.63, 3.8) is 0 Å². The fraction of sp³-hybridized carbons (Fsp3) is 0.444. The molecule has 1 heterocycles. The molecule has 0 aliphatic carbocycles. The van der Waals surface area contributed by atoms with Gasteiger partial charge in [0.15, 0.2) is 9.84 Å². The number of nitrogens with zero attached hydrogens (tertiary/aromatic N) is 1. The van der Waals surface area contributed by atoms with E-state index in [-0.39, 0.29) is 33.8 Å². The number of hydrogen-bond acceptors (Lipinski definition) is 6. The summed E-state index contributed by atoms with van der Waals surface area (Å²) in [4.78, 5) is 3.46. The van der Waals surface area contributed by atoms with Gasteiger partial charge in [-0.1, -0.05) is 18.5 Å². The van der Waals surface area contributed by atoms with Crippen molar-refractivity contribution in [3.8, 4) is 0 Å². The van der Waals surface area contributed by atoms with E-state index in [9.17, 15) is 16.8 Å². The fourth-order valence-corrected chi connectivity index (χ4v) is 3.20. The summed E-state index contributed by atoms with van der Waals surface area (Å²) in [6.45, 7) is 1.29. The summed E-state index contributed by atoms with van der Waals surface area (Å²) in [6, 6.07) is 1.15. The van der Waals surface area contributed by atoms with Crippen LogP contribution >= 0.6 is 11.6 Å². The van der Waals surface area contributed by atoms with E-state index in [4.69, 9.17) is 17.3 Å². The lowest BCUT2D eigenvalue weighted by molar-refractivity contribution is 0.581. The molecule has 0 radical (unpaired) electrons. The Labute approximate surface area is 117 Å². The van der Waals surface area contributed by atoms with Gasteiger partial charge in [0, 0.05) is 18.5 Å². The molecule has 0 aliphatic heterocycles. The average Bonchev–Trinajstić information content (AvgIpc) is 2.32. The highest BCUT2D eigenvalue weighted by Gasteiger charge is 2.17. The molecule has 0 aliphatic rings. The molecule has 0 atom stereocenters. The number of hydrogen-bond donors (Lipinski definition) is 2. The number of sulfonamides is 1. The first-order chi connectivity index (χ1) is 8.68. The average molecular weight is 328 g/mol. The lowest BCUT2D eigenvalue weighted by Crippen LogP contribution is -2.29. The van der Waals surface area contributed by atoms with Crippen molar-refractivity contribution >= 4 is 37.3 Å². The highest BCUT2D eigenvalue weighted by Crippen LogP contribution is 2.19. The van der Waals surface area contributed by atoms with E-state index in [1.54, 1.807) is 0 Å². The second-order valence-corrected chi connectivity index (χ2v) is 8.32. The molecule has 10 heteroatoms. The first-order valence-corrected chi connectivity index (χ1v) is 8.97. The minimum atomic E-state index is -3.85. The van der Waals surface area contributed by atoms with Gasteiger partial charge < -0.3 is 5.73 Å². The second kappa shape index (κ2) is 6.04. The van der Waals surface area contributed by atoms with Crippen LogP contribution in [-0.2, 0) is 19.9 Å². The number of rotatable bonds is 6. The molecule has 0 saturated carbocycles. The zero-order valence-corrected chi connectivity index (χ0v) is 12.5. The molecular formula is C9H14ClN3O4S2. The van der Waals surface area contributed by atoms with Gasteiger partial charge in [-0.2, -0.15) is 0 Å². The van der Waals surface area contributed by atoms with Gasteiger partial charge in [-0.3, -0.25) is 0 Å². The summed E-state index contributed by atoms with van der Waals surface area (Å²) in [6.07, 6.45) is 1.05. The normalized spacial score (nSPS) is 12.5. The van der Waals surface area contributed by atoms with Crippen LogP contribution in [0.5, 0.6) is 0 Å². The van der Waals surface area contributed by atoms with Crippen LogP contribution in [-0.4, -0.2) is 39.9 Å². The maximum atomic E-state index is 11.8. The third kappa shape index (κ3) is 4.60. The molecule has 1 aromatic rings. The standard InChI is InChI=1S/C9H14ClN3O4S2/c1-2-18(14,15)4-3-13-19(16,17)7-5-8(10)9(11)12-6-7/h5-6,13H,2-4H2,1H3,(H2,11,12). The fourth-order valence-electron chi connectivity index (χ4n) is 1.14. The number of sulfone groups is 1. The summed E-state index contributed by atoms with van der Waals surface area (Å²) in [5.74, 6) is -0.280. The number of anilines is 1. The van der Waals surface area contributed by atoms with Crippen LogP contribution in [0, 0.1) is 0 Å². The molecule has 19 heavy (non-hydrogen) atoms. The van der Waals surface area contributed by atoms with E-state index in [1.165, 1.54) is 6.92 Å². The van der Waals surface area contributed by atoms with E-state index in [0.717, 1.165) is 12.3 Å². The molecule has 1 aromatic heterocycles.